The summed E-state index contributed by atoms with van der Waals surface area (Å²) < 4.78 is 1.21. The Hall–Kier alpha value is -1.67. The van der Waals surface area contributed by atoms with Crippen molar-refractivity contribution < 1.29 is 5.11 Å². The summed E-state index contributed by atoms with van der Waals surface area (Å²) in [6, 6.07) is 1.73. The van der Waals surface area contributed by atoms with Crippen LogP contribution in [0.3, 0.4) is 0 Å². The zero-order chi connectivity index (χ0) is 9.84. The van der Waals surface area contributed by atoms with Gasteiger partial charge >= 0.3 is 0 Å². The predicted octanol–water partition coefficient (Wildman–Crippen LogP) is -0.504. The Bertz CT molecular complexity index is 389. The van der Waals surface area contributed by atoms with E-state index in [1.54, 1.807) is 13.0 Å². The van der Waals surface area contributed by atoms with Crippen LogP contribution in [0.2, 0.25) is 0 Å². The van der Waals surface area contributed by atoms with E-state index in [1.807, 2.05) is 0 Å². The fourth-order valence-corrected chi connectivity index (χ4v) is 0.942. The van der Waals surface area contributed by atoms with Gasteiger partial charge in [0.05, 0.1) is 25.2 Å². The average Bonchev–Trinajstić information content (AvgIpc) is 2.08. The van der Waals surface area contributed by atoms with Crippen LogP contribution in [-0.4, -0.2) is 20.8 Å². The largest absolute Gasteiger partial charge is 0.392 e. The molecule has 0 aliphatic carbocycles. The summed E-state index contributed by atoms with van der Waals surface area (Å²) in [5.74, 6) is 0. The van der Waals surface area contributed by atoms with Crippen LogP contribution in [0.25, 0.3) is 0 Å². The van der Waals surface area contributed by atoms with Crippen molar-refractivity contribution in [3.05, 3.63) is 28.4 Å². The van der Waals surface area contributed by atoms with Crippen molar-refractivity contribution in [1.29, 1.82) is 5.26 Å². The lowest BCUT2D eigenvalue weighted by Gasteiger charge is -2.06. The minimum absolute atomic E-state index is 0.0110. The molecule has 5 heteroatoms. The number of nitriles is 1. The molecular weight excluding hydrogens is 170 g/mol. The lowest BCUT2D eigenvalue weighted by Crippen LogP contribution is -2.26. The van der Waals surface area contributed by atoms with Crippen molar-refractivity contribution in [2.75, 3.05) is 0 Å². The molecule has 1 unspecified atom stereocenters. The molecule has 0 bridgehead atoms. The van der Waals surface area contributed by atoms with E-state index in [4.69, 9.17) is 10.4 Å². The minimum Gasteiger partial charge on any atom is -0.392 e. The molecule has 1 N–H and O–H groups in total. The summed E-state index contributed by atoms with van der Waals surface area (Å²) in [5, 5.41) is 17.5. The van der Waals surface area contributed by atoms with E-state index in [0.29, 0.717) is 0 Å². The molecule has 1 atom stereocenters. The van der Waals surface area contributed by atoms with E-state index >= 15 is 0 Å². The van der Waals surface area contributed by atoms with Crippen LogP contribution in [0.4, 0.5) is 0 Å². The molecule has 0 saturated carbocycles. The van der Waals surface area contributed by atoms with Gasteiger partial charge in [0.1, 0.15) is 11.6 Å². The Balaban J connectivity index is 3.11. The first-order valence-electron chi connectivity index (χ1n) is 3.77. The van der Waals surface area contributed by atoms with Gasteiger partial charge in [-0.15, -0.1) is 0 Å². The Labute approximate surface area is 74.9 Å². The molecule has 0 spiro atoms. The molecule has 0 aromatic carbocycles. The first kappa shape index (κ1) is 9.42. The maximum Gasteiger partial charge on any atom is 0.271 e. The molecule has 5 nitrogen and oxygen atoms in total. The average molecular weight is 179 g/mol. The maximum atomic E-state index is 11.3. The van der Waals surface area contributed by atoms with E-state index in [0.717, 1.165) is 0 Å². The molecule has 1 rings (SSSR count). The number of hydrogen-bond acceptors (Lipinski definition) is 4. The molecule has 68 valence electrons. The van der Waals surface area contributed by atoms with Gasteiger partial charge in [0.15, 0.2) is 0 Å². The Morgan fingerprint density at radius 2 is 2.54 bits per heavy atom. The zero-order valence-corrected chi connectivity index (χ0v) is 7.14. The van der Waals surface area contributed by atoms with Gasteiger partial charge < -0.3 is 5.11 Å². The van der Waals surface area contributed by atoms with Gasteiger partial charge in [0, 0.05) is 0 Å². The fourth-order valence-electron chi connectivity index (χ4n) is 0.942. The van der Waals surface area contributed by atoms with Crippen molar-refractivity contribution in [2.24, 2.45) is 0 Å². The molecule has 0 fully saturated rings. The van der Waals surface area contributed by atoms with Gasteiger partial charge in [-0.3, -0.25) is 9.36 Å². The summed E-state index contributed by atoms with van der Waals surface area (Å²) in [6.45, 7) is 1.72. The fraction of sp³-hybridized carbons (Fsp3) is 0.375. The maximum absolute atomic E-state index is 11.3. The first-order valence-corrected chi connectivity index (χ1v) is 3.77. The first-order chi connectivity index (χ1) is 6.15. The molecule has 0 aliphatic heterocycles. The van der Waals surface area contributed by atoms with Gasteiger partial charge in [0.25, 0.3) is 5.56 Å². The predicted molar refractivity (Wildman–Crippen MR) is 44.9 cm³/mol. The van der Waals surface area contributed by atoms with Crippen LogP contribution in [0.15, 0.2) is 17.3 Å². The van der Waals surface area contributed by atoms with Crippen LogP contribution in [0.5, 0.6) is 0 Å². The lowest BCUT2D eigenvalue weighted by molar-refractivity contribution is 0.171. The van der Waals surface area contributed by atoms with Crippen LogP contribution < -0.4 is 5.56 Å². The van der Waals surface area contributed by atoms with Gasteiger partial charge in [-0.2, -0.15) is 5.26 Å². The van der Waals surface area contributed by atoms with E-state index in [9.17, 15) is 4.79 Å². The summed E-state index contributed by atoms with van der Waals surface area (Å²) in [5.41, 5.74) is -0.429. The second-order valence-electron chi connectivity index (χ2n) is 2.73. The van der Waals surface area contributed by atoms with Crippen LogP contribution >= 0.6 is 0 Å². The van der Waals surface area contributed by atoms with Gasteiger partial charge in [0.2, 0.25) is 0 Å². The SMILES string of the molecule is CC(O)Cn1cncc(C#N)c1=O. The monoisotopic (exact) mass is 179 g/mol. The van der Waals surface area contributed by atoms with Gasteiger partial charge in [-0.05, 0) is 6.92 Å². The standard InChI is InChI=1S/C8H9N3O2/c1-6(12)4-11-5-10-3-7(2-9)8(11)13/h3,5-6,12H,4H2,1H3. The molecule has 13 heavy (non-hydrogen) atoms. The number of aromatic nitrogens is 2. The molecule has 0 radical (unpaired) electrons. The Morgan fingerprint density at radius 3 is 3.08 bits per heavy atom. The number of nitrogens with zero attached hydrogens (tertiary/aromatic N) is 3. The van der Waals surface area contributed by atoms with Crippen LogP contribution in [-0.2, 0) is 6.54 Å². The lowest BCUT2D eigenvalue weighted by atomic mass is 10.3. The highest BCUT2D eigenvalue weighted by Gasteiger charge is 2.04. The minimum atomic E-state index is -0.631. The molecule has 1 aromatic rings. The van der Waals surface area contributed by atoms with Crippen LogP contribution in [0, 0.1) is 11.3 Å². The third-order valence-corrected chi connectivity index (χ3v) is 1.48. The zero-order valence-electron chi connectivity index (χ0n) is 7.14. The van der Waals surface area contributed by atoms with Gasteiger partial charge in [-0.1, -0.05) is 0 Å². The summed E-state index contributed by atoms with van der Waals surface area (Å²) in [6.07, 6.45) is 1.88. The number of hydrogen-bond donors (Lipinski definition) is 1. The normalized spacial score (nSPS) is 12.1. The highest BCUT2D eigenvalue weighted by atomic mass is 16.3. The second-order valence-corrected chi connectivity index (χ2v) is 2.73. The Morgan fingerprint density at radius 1 is 1.85 bits per heavy atom. The summed E-state index contributed by atoms with van der Waals surface area (Å²) in [4.78, 5) is 15.0. The third-order valence-electron chi connectivity index (χ3n) is 1.48. The van der Waals surface area contributed by atoms with Crippen molar-refractivity contribution in [3.8, 4) is 6.07 Å². The smallest absolute Gasteiger partial charge is 0.271 e. The molecule has 0 amide bonds. The van der Waals surface area contributed by atoms with Crippen molar-refractivity contribution in [1.82, 2.24) is 9.55 Å². The van der Waals surface area contributed by atoms with E-state index < -0.39 is 11.7 Å². The molecule has 1 heterocycles. The topological polar surface area (TPSA) is 78.9 Å². The van der Waals surface area contributed by atoms with Gasteiger partial charge in [-0.25, -0.2) is 4.98 Å². The highest BCUT2D eigenvalue weighted by Crippen LogP contribution is 1.88. The third kappa shape index (κ3) is 2.13. The van der Waals surface area contributed by atoms with E-state index in [2.05, 4.69) is 4.98 Å². The quantitative estimate of drug-likeness (QED) is 0.663. The molecule has 1 aromatic heterocycles. The summed E-state index contributed by atoms with van der Waals surface area (Å²) in [7, 11) is 0. The molecular formula is C8H9N3O2. The van der Waals surface area contributed by atoms with Crippen molar-refractivity contribution in [2.45, 2.75) is 19.6 Å². The van der Waals surface area contributed by atoms with Crippen LogP contribution in [0.1, 0.15) is 12.5 Å². The van der Waals surface area contributed by atoms with E-state index in [-0.39, 0.29) is 12.1 Å². The second kappa shape index (κ2) is 3.83. The number of aliphatic hydroxyl groups is 1. The summed E-state index contributed by atoms with van der Waals surface area (Å²) >= 11 is 0. The highest BCUT2D eigenvalue weighted by molar-refractivity contribution is 5.21. The molecule has 0 aliphatic rings. The van der Waals surface area contributed by atoms with Crippen molar-refractivity contribution >= 4 is 0 Å². The van der Waals surface area contributed by atoms with E-state index in [1.165, 1.54) is 17.1 Å². The number of aliphatic hydroxyl groups excluding tert-OH is 1. The Kier molecular flexibility index (Phi) is 2.77. The molecule has 0 saturated heterocycles. The number of rotatable bonds is 2. The van der Waals surface area contributed by atoms with Crippen molar-refractivity contribution in [3.63, 3.8) is 0 Å².